The third-order valence-corrected chi connectivity index (χ3v) is 3.01. The van der Waals surface area contributed by atoms with Crippen molar-refractivity contribution >= 4 is 0 Å². The smallest absolute Gasteiger partial charge is 0.170 e. The summed E-state index contributed by atoms with van der Waals surface area (Å²) in [5, 5.41) is 15.2. The number of aromatic nitrogens is 4. The SMILES string of the molecule is c1ccc(-n2nnnc2CNC2CCOC2)cc1. The number of hydrogen-bond acceptors (Lipinski definition) is 5. The number of nitrogens with zero attached hydrogens (tertiary/aromatic N) is 4. The first-order valence-corrected chi connectivity index (χ1v) is 6.07. The molecule has 0 radical (unpaired) electrons. The Balaban J connectivity index is 1.71. The van der Waals surface area contributed by atoms with Crippen molar-refractivity contribution in [2.75, 3.05) is 13.2 Å². The van der Waals surface area contributed by atoms with E-state index < -0.39 is 0 Å². The maximum absolute atomic E-state index is 5.32. The van der Waals surface area contributed by atoms with Crippen LogP contribution in [0.5, 0.6) is 0 Å². The molecule has 94 valence electrons. The van der Waals surface area contributed by atoms with Gasteiger partial charge in [0.25, 0.3) is 0 Å². The molecule has 0 amide bonds. The van der Waals surface area contributed by atoms with Gasteiger partial charge >= 0.3 is 0 Å². The van der Waals surface area contributed by atoms with Gasteiger partial charge < -0.3 is 10.1 Å². The van der Waals surface area contributed by atoms with Gasteiger partial charge in [-0.15, -0.1) is 5.10 Å². The average molecular weight is 245 g/mol. The number of para-hydroxylation sites is 1. The van der Waals surface area contributed by atoms with Crippen molar-refractivity contribution in [3.05, 3.63) is 36.2 Å². The molecule has 1 N–H and O–H groups in total. The summed E-state index contributed by atoms with van der Waals surface area (Å²) in [5.74, 6) is 0.813. The molecule has 6 nitrogen and oxygen atoms in total. The van der Waals surface area contributed by atoms with Crippen molar-refractivity contribution < 1.29 is 4.74 Å². The van der Waals surface area contributed by atoms with Crippen LogP contribution in [0.2, 0.25) is 0 Å². The van der Waals surface area contributed by atoms with Gasteiger partial charge in [0, 0.05) is 12.6 Å². The van der Waals surface area contributed by atoms with Crippen LogP contribution in [-0.4, -0.2) is 39.5 Å². The van der Waals surface area contributed by atoms with E-state index in [1.54, 1.807) is 4.68 Å². The average Bonchev–Trinajstić information content (AvgIpc) is 3.09. The van der Waals surface area contributed by atoms with Crippen LogP contribution in [-0.2, 0) is 11.3 Å². The van der Waals surface area contributed by atoms with E-state index in [2.05, 4.69) is 20.8 Å². The summed E-state index contributed by atoms with van der Waals surface area (Å²) in [6.07, 6.45) is 1.05. The number of hydrogen-bond donors (Lipinski definition) is 1. The molecule has 1 fully saturated rings. The summed E-state index contributed by atoms with van der Waals surface area (Å²) in [7, 11) is 0. The van der Waals surface area contributed by atoms with Crippen LogP contribution < -0.4 is 5.32 Å². The Morgan fingerprint density at radius 1 is 1.33 bits per heavy atom. The van der Waals surface area contributed by atoms with Crippen molar-refractivity contribution in [2.24, 2.45) is 0 Å². The Labute approximate surface area is 105 Å². The molecule has 0 bridgehead atoms. The van der Waals surface area contributed by atoms with Crippen LogP contribution in [0.3, 0.4) is 0 Å². The van der Waals surface area contributed by atoms with Crippen molar-refractivity contribution in [2.45, 2.75) is 19.0 Å². The molecule has 18 heavy (non-hydrogen) atoms. The van der Waals surface area contributed by atoms with Crippen molar-refractivity contribution in [1.29, 1.82) is 0 Å². The van der Waals surface area contributed by atoms with Crippen molar-refractivity contribution in [1.82, 2.24) is 25.5 Å². The molecule has 1 unspecified atom stereocenters. The molecular formula is C12H15N5O. The highest BCUT2D eigenvalue weighted by molar-refractivity contribution is 5.30. The minimum atomic E-state index is 0.408. The van der Waals surface area contributed by atoms with E-state index in [0.29, 0.717) is 12.6 Å². The lowest BCUT2D eigenvalue weighted by molar-refractivity contribution is 0.189. The normalized spacial score (nSPS) is 19.2. The molecule has 0 saturated carbocycles. The first kappa shape index (κ1) is 11.3. The highest BCUT2D eigenvalue weighted by Gasteiger charge is 2.16. The molecular weight excluding hydrogens is 230 g/mol. The number of ether oxygens (including phenoxy) is 1. The Hall–Kier alpha value is -1.79. The largest absolute Gasteiger partial charge is 0.380 e. The second-order valence-corrected chi connectivity index (χ2v) is 4.28. The summed E-state index contributed by atoms with van der Waals surface area (Å²) in [6.45, 7) is 2.25. The Bertz CT molecular complexity index is 492. The number of tetrazole rings is 1. The van der Waals surface area contributed by atoms with Crippen LogP contribution in [0.1, 0.15) is 12.2 Å². The maximum Gasteiger partial charge on any atom is 0.170 e. The molecule has 1 aliphatic rings. The predicted molar refractivity (Wildman–Crippen MR) is 65.2 cm³/mol. The van der Waals surface area contributed by atoms with E-state index in [-0.39, 0.29) is 0 Å². The van der Waals surface area contributed by atoms with Gasteiger partial charge in [-0.05, 0) is 29.0 Å². The van der Waals surface area contributed by atoms with Crippen LogP contribution in [0, 0.1) is 0 Å². The summed E-state index contributed by atoms with van der Waals surface area (Å²) in [6, 6.07) is 10.3. The van der Waals surface area contributed by atoms with Gasteiger partial charge in [-0.2, -0.15) is 4.68 Å². The molecule has 0 spiro atoms. The highest BCUT2D eigenvalue weighted by atomic mass is 16.5. The summed E-state index contributed by atoms with van der Waals surface area (Å²) in [5.41, 5.74) is 0.974. The number of benzene rings is 1. The zero-order valence-corrected chi connectivity index (χ0v) is 9.99. The van der Waals surface area contributed by atoms with Gasteiger partial charge in [0.15, 0.2) is 5.82 Å². The molecule has 1 aromatic carbocycles. The fourth-order valence-corrected chi connectivity index (χ4v) is 2.02. The van der Waals surface area contributed by atoms with E-state index in [9.17, 15) is 0 Å². The first-order valence-electron chi connectivity index (χ1n) is 6.07. The lowest BCUT2D eigenvalue weighted by Gasteiger charge is -2.10. The second-order valence-electron chi connectivity index (χ2n) is 4.28. The zero-order chi connectivity index (χ0) is 12.2. The molecule has 1 atom stereocenters. The topological polar surface area (TPSA) is 64.9 Å². The molecule has 6 heteroatoms. The lowest BCUT2D eigenvalue weighted by Crippen LogP contribution is -2.29. The summed E-state index contributed by atoms with van der Waals surface area (Å²) >= 11 is 0. The quantitative estimate of drug-likeness (QED) is 0.851. The first-order chi connectivity index (χ1) is 8.93. The van der Waals surface area contributed by atoms with Gasteiger partial charge in [0.1, 0.15) is 0 Å². The fourth-order valence-electron chi connectivity index (χ4n) is 2.02. The molecule has 0 aliphatic carbocycles. The minimum absolute atomic E-state index is 0.408. The Morgan fingerprint density at radius 2 is 2.22 bits per heavy atom. The monoisotopic (exact) mass is 245 g/mol. The molecule has 2 aromatic rings. The summed E-state index contributed by atoms with van der Waals surface area (Å²) < 4.78 is 7.07. The molecule has 1 saturated heterocycles. The standard InChI is InChI=1S/C12H15N5O/c1-2-4-11(5-3-1)17-12(14-15-16-17)8-13-10-6-7-18-9-10/h1-5,10,13H,6-9H2. The molecule has 3 rings (SSSR count). The number of nitrogens with one attached hydrogen (secondary N) is 1. The van der Waals surface area contributed by atoms with Gasteiger partial charge in [0.05, 0.1) is 18.8 Å². The van der Waals surface area contributed by atoms with Crippen molar-refractivity contribution in [3.63, 3.8) is 0 Å². The van der Waals surface area contributed by atoms with Gasteiger partial charge in [-0.3, -0.25) is 0 Å². The molecule has 1 aliphatic heterocycles. The van der Waals surface area contributed by atoms with E-state index >= 15 is 0 Å². The second kappa shape index (κ2) is 5.24. The Kier molecular flexibility index (Phi) is 3.29. The number of rotatable bonds is 4. The maximum atomic E-state index is 5.32. The third kappa shape index (κ3) is 2.39. The van der Waals surface area contributed by atoms with Gasteiger partial charge in [-0.1, -0.05) is 18.2 Å². The zero-order valence-electron chi connectivity index (χ0n) is 9.99. The van der Waals surface area contributed by atoms with E-state index in [4.69, 9.17) is 4.74 Å². The van der Waals surface area contributed by atoms with E-state index in [1.165, 1.54) is 0 Å². The van der Waals surface area contributed by atoms with E-state index in [1.807, 2.05) is 30.3 Å². The van der Waals surface area contributed by atoms with Crippen LogP contribution in [0.25, 0.3) is 5.69 Å². The highest BCUT2D eigenvalue weighted by Crippen LogP contribution is 2.08. The summed E-state index contributed by atoms with van der Waals surface area (Å²) in [4.78, 5) is 0. The lowest BCUT2D eigenvalue weighted by atomic mass is 10.2. The van der Waals surface area contributed by atoms with Crippen molar-refractivity contribution in [3.8, 4) is 5.69 Å². The van der Waals surface area contributed by atoms with E-state index in [0.717, 1.165) is 31.1 Å². The van der Waals surface area contributed by atoms with Crippen LogP contribution >= 0.6 is 0 Å². The van der Waals surface area contributed by atoms with Gasteiger partial charge in [0.2, 0.25) is 0 Å². The molecule has 1 aromatic heterocycles. The third-order valence-electron chi connectivity index (χ3n) is 3.01. The van der Waals surface area contributed by atoms with Gasteiger partial charge in [-0.25, -0.2) is 0 Å². The van der Waals surface area contributed by atoms with Crippen LogP contribution in [0.4, 0.5) is 0 Å². The Morgan fingerprint density at radius 3 is 3.00 bits per heavy atom. The fraction of sp³-hybridized carbons (Fsp3) is 0.417. The predicted octanol–water partition coefficient (Wildman–Crippen LogP) is 0.541. The molecule has 2 heterocycles. The van der Waals surface area contributed by atoms with Crippen LogP contribution in [0.15, 0.2) is 30.3 Å². The minimum Gasteiger partial charge on any atom is -0.380 e.